The minimum Gasteiger partial charge on any atom is -0.356 e. The van der Waals surface area contributed by atoms with E-state index in [9.17, 15) is 19.6 Å². The third-order valence-corrected chi connectivity index (χ3v) is 6.49. The van der Waals surface area contributed by atoms with Crippen LogP contribution in [0.2, 0.25) is 0 Å². The molecule has 0 radical (unpaired) electrons. The quantitative estimate of drug-likeness (QED) is 0.500. The first-order valence-electron chi connectivity index (χ1n) is 9.77. The molecule has 0 unspecified atom stereocenters. The Balaban J connectivity index is 1.90. The molecule has 3 heterocycles. The zero-order chi connectivity index (χ0) is 22.0. The van der Waals surface area contributed by atoms with E-state index >= 15 is 0 Å². The molecule has 1 fully saturated rings. The number of carbonyl (C=O) groups is 2. The van der Waals surface area contributed by atoms with Gasteiger partial charge in [0.2, 0.25) is 11.8 Å². The summed E-state index contributed by atoms with van der Waals surface area (Å²) in [5.41, 5.74) is 0.0700. The van der Waals surface area contributed by atoms with Crippen LogP contribution in [0.5, 0.6) is 0 Å². The van der Waals surface area contributed by atoms with Crippen LogP contribution in [0.3, 0.4) is 0 Å². The van der Waals surface area contributed by atoms with E-state index in [1.54, 1.807) is 12.4 Å². The summed E-state index contributed by atoms with van der Waals surface area (Å²) in [5.74, 6) is -0.652. The molecule has 8 nitrogen and oxygen atoms in total. The maximum Gasteiger partial charge on any atom is 0.275 e. The van der Waals surface area contributed by atoms with E-state index in [4.69, 9.17) is 0 Å². The van der Waals surface area contributed by atoms with Crippen molar-refractivity contribution in [1.82, 2.24) is 20.2 Å². The first-order chi connectivity index (χ1) is 14.2. The van der Waals surface area contributed by atoms with Gasteiger partial charge >= 0.3 is 0 Å². The van der Waals surface area contributed by atoms with E-state index in [1.165, 1.54) is 4.57 Å². The fourth-order valence-corrected chi connectivity index (χ4v) is 5.19. The molecule has 2 aromatic heterocycles. The smallest absolute Gasteiger partial charge is 0.275 e. The van der Waals surface area contributed by atoms with Crippen LogP contribution in [0.25, 0.3) is 10.9 Å². The number of amides is 2. The van der Waals surface area contributed by atoms with Gasteiger partial charge in [0, 0.05) is 39.2 Å². The zero-order valence-corrected chi connectivity index (χ0v) is 19.8. The summed E-state index contributed by atoms with van der Waals surface area (Å²) in [4.78, 5) is 41.0. The Morgan fingerprint density at radius 3 is 2.70 bits per heavy atom. The van der Waals surface area contributed by atoms with Gasteiger partial charge in [0.25, 0.3) is 5.56 Å². The summed E-state index contributed by atoms with van der Waals surface area (Å²) in [6.45, 7) is 4.52. The van der Waals surface area contributed by atoms with Gasteiger partial charge in [-0.25, -0.2) is 0 Å². The highest BCUT2D eigenvalue weighted by Gasteiger charge is 2.31. The minimum absolute atomic E-state index is 0.0915. The molecular formula is C20H23Br2N5O3. The number of aromatic amines is 1. The van der Waals surface area contributed by atoms with Crippen molar-refractivity contribution >= 4 is 54.6 Å². The Hall–Kier alpha value is -2.12. The third-order valence-electron chi connectivity index (χ3n) is 5.26. The Morgan fingerprint density at radius 2 is 2.10 bits per heavy atom. The molecule has 3 rings (SSSR count). The molecule has 0 saturated carbocycles. The van der Waals surface area contributed by atoms with Crippen LogP contribution in [0.15, 0.2) is 26.1 Å². The molecular weight excluding hydrogens is 518 g/mol. The van der Waals surface area contributed by atoms with Crippen LogP contribution >= 0.6 is 31.9 Å². The van der Waals surface area contributed by atoms with Crippen molar-refractivity contribution in [2.75, 3.05) is 6.54 Å². The molecule has 0 aliphatic carbocycles. The van der Waals surface area contributed by atoms with Crippen LogP contribution in [0, 0.1) is 23.2 Å². The van der Waals surface area contributed by atoms with Crippen molar-refractivity contribution in [1.29, 1.82) is 5.26 Å². The molecule has 3 N–H and O–H groups in total. The predicted octanol–water partition coefficient (Wildman–Crippen LogP) is 2.98. The summed E-state index contributed by atoms with van der Waals surface area (Å²) < 4.78 is 2.82. The summed E-state index contributed by atoms with van der Waals surface area (Å²) in [6, 6.07) is 0.492. The highest BCUT2D eigenvalue weighted by molar-refractivity contribution is 9.11. The number of halogens is 2. The number of carbonyl (C=O) groups excluding carboxylic acids is 2. The van der Waals surface area contributed by atoms with Gasteiger partial charge in [-0.05, 0) is 57.0 Å². The fraction of sp³-hybridized carbons (Fsp3) is 0.500. The van der Waals surface area contributed by atoms with Crippen molar-refractivity contribution in [3.8, 4) is 6.07 Å². The van der Waals surface area contributed by atoms with Gasteiger partial charge in [-0.2, -0.15) is 5.26 Å². The SMILES string of the molecule is CC(C)C[C@@H](C(=O)N[C@H](C#N)C[C@@H]1CCNC1=O)n1cc(Br)c2c(Br)c[nH]c2c1=O. The lowest BCUT2D eigenvalue weighted by Crippen LogP contribution is -2.43. The largest absolute Gasteiger partial charge is 0.356 e. The highest BCUT2D eigenvalue weighted by atomic mass is 79.9. The van der Waals surface area contributed by atoms with Gasteiger partial charge in [0.1, 0.15) is 17.6 Å². The molecule has 1 aliphatic rings. The molecule has 1 aliphatic heterocycles. The normalized spacial score (nSPS) is 18.3. The Bertz CT molecular complexity index is 1070. The van der Waals surface area contributed by atoms with Crippen LogP contribution in [-0.2, 0) is 9.59 Å². The molecule has 0 spiro atoms. The molecule has 2 aromatic rings. The van der Waals surface area contributed by atoms with E-state index in [0.717, 1.165) is 4.47 Å². The number of aromatic nitrogens is 2. The molecule has 1 saturated heterocycles. The number of H-pyrrole nitrogens is 1. The standard InChI is InChI=1S/C20H23Br2N5O3/c1-10(2)5-15(19(29)26-12(7-23)6-11-3-4-24-18(11)28)27-9-14(22)16-13(21)8-25-17(16)20(27)30/h8-12,15,25H,3-6H2,1-2H3,(H,24,28)(H,26,29)/t11-,12-,15-/m0/s1. The Labute approximate surface area is 190 Å². The minimum atomic E-state index is -0.802. The molecule has 160 valence electrons. The number of fused-ring (bicyclic) bond motifs is 1. The van der Waals surface area contributed by atoms with Gasteiger partial charge in [-0.15, -0.1) is 0 Å². The second-order valence-electron chi connectivity index (χ2n) is 7.92. The molecule has 2 amide bonds. The second-order valence-corrected chi connectivity index (χ2v) is 9.63. The first kappa shape index (κ1) is 22.6. The van der Waals surface area contributed by atoms with Crippen LogP contribution in [-0.4, -0.2) is 34.0 Å². The molecule has 3 atom stereocenters. The van der Waals surface area contributed by atoms with E-state index in [-0.39, 0.29) is 29.7 Å². The lowest BCUT2D eigenvalue weighted by Gasteiger charge is -2.24. The summed E-state index contributed by atoms with van der Waals surface area (Å²) >= 11 is 6.90. The number of hydrogen-bond acceptors (Lipinski definition) is 4. The number of rotatable bonds is 7. The van der Waals surface area contributed by atoms with Crippen LogP contribution in [0.4, 0.5) is 0 Å². The molecule has 0 bridgehead atoms. The Morgan fingerprint density at radius 1 is 1.37 bits per heavy atom. The predicted molar refractivity (Wildman–Crippen MR) is 120 cm³/mol. The number of nitriles is 1. The van der Waals surface area contributed by atoms with Gasteiger partial charge in [-0.3, -0.25) is 14.4 Å². The average Bonchev–Trinajstić information content (AvgIpc) is 3.28. The number of hydrogen-bond donors (Lipinski definition) is 3. The summed E-state index contributed by atoms with van der Waals surface area (Å²) in [5, 5.41) is 15.7. The van der Waals surface area contributed by atoms with Gasteiger partial charge in [-0.1, -0.05) is 13.8 Å². The Kier molecular flexibility index (Phi) is 7.03. The zero-order valence-electron chi connectivity index (χ0n) is 16.7. The van der Waals surface area contributed by atoms with Gasteiger partial charge in [0.15, 0.2) is 0 Å². The first-order valence-corrected chi connectivity index (χ1v) is 11.4. The fourth-order valence-electron chi connectivity index (χ4n) is 3.77. The van der Waals surface area contributed by atoms with E-state index in [2.05, 4.69) is 53.5 Å². The monoisotopic (exact) mass is 539 g/mol. The highest BCUT2D eigenvalue weighted by Crippen LogP contribution is 2.30. The lowest BCUT2D eigenvalue weighted by atomic mass is 9.98. The maximum absolute atomic E-state index is 13.2. The van der Waals surface area contributed by atoms with Gasteiger partial charge < -0.3 is 20.2 Å². The number of nitrogens with zero attached hydrogens (tertiary/aromatic N) is 2. The number of pyridine rings is 1. The van der Waals surface area contributed by atoms with Gasteiger partial charge in [0.05, 0.1) is 6.07 Å². The lowest BCUT2D eigenvalue weighted by molar-refractivity contribution is -0.126. The van der Waals surface area contributed by atoms with Crippen molar-refractivity contribution < 1.29 is 9.59 Å². The van der Waals surface area contributed by atoms with Crippen LogP contribution in [0.1, 0.15) is 39.2 Å². The average molecular weight is 541 g/mol. The van der Waals surface area contributed by atoms with Crippen molar-refractivity contribution in [3.63, 3.8) is 0 Å². The summed E-state index contributed by atoms with van der Waals surface area (Å²) in [7, 11) is 0. The summed E-state index contributed by atoms with van der Waals surface area (Å²) in [6.07, 6.45) is 4.61. The van der Waals surface area contributed by atoms with E-state index in [1.807, 2.05) is 13.8 Å². The van der Waals surface area contributed by atoms with E-state index < -0.39 is 18.0 Å². The molecule has 0 aromatic carbocycles. The van der Waals surface area contributed by atoms with Crippen molar-refractivity contribution in [3.05, 3.63) is 31.7 Å². The van der Waals surface area contributed by atoms with Crippen LogP contribution < -0.4 is 16.2 Å². The molecule has 30 heavy (non-hydrogen) atoms. The number of nitrogens with one attached hydrogen (secondary N) is 3. The van der Waals surface area contributed by atoms with E-state index in [0.29, 0.717) is 34.8 Å². The molecule has 10 heteroatoms. The maximum atomic E-state index is 13.2. The van der Waals surface area contributed by atoms with Crippen molar-refractivity contribution in [2.24, 2.45) is 11.8 Å². The third kappa shape index (κ3) is 4.62. The second kappa shape index (κ2) is 9.35. The topological polar surface area (TPSA) is 120 Å². The van der Waals surface area contributed by atoms with Crippen molar-refractivity contribution in [2.45, 2.75) is 45.2 Å².